The normalized spacial score (nSPS) is 17.1. The zero-order chi connectivity index (χ0) is 21.9. The highest BCUT2D eigenvalue weighted by Gasteiger charge is 2.30. The molecule has 0 saturated carbocycles. The number of anilines is 1. The first-order chi connectivity index (χ1) is 14.5. The number of hydrogen-bond donors (Lipinski definition) is 2. The monoisotopic (exact) mass is 416 g/mol. The summed E-state index contributed by atoms with van der Waals surface area (Å²) >= 11 is 0. The standard InChI is InChI=1S/C23H40N6O/c1-6-28(20-11-7-10-19(2)18-20)17-14-26-23(24-3)25-13-9-16-29-15-8-12-21(29)22(30)27(4)5/h7,10-11,18,21H,6,8-9,12-17H2,1-5H3,(H2,24,25,26). The molecule has 1 fully saturated rings. The van der Waals surface area contributed by atoms with Crippen LogP contribution < -0.4 is 15.5 Å². The summed E-state index contributed by atoms with van der Waals surface area (Å²) in [7, 11) is 5.49. The summed E-state index contributed by atoms with van der Waals surface area (Å²) in [5.74, 6) is 1.06. The predicted molar refractivity (Wildman–Crippen MR) is 126 cm³/mol. The van der Waals surface area contributed by atoms with Gasteiger partial charge in [0, 0.05) is 59.6 Å². The maximum atomic E-state index is 12.3. The highest BCUT2D eigenvalue weighted by Crippen LogP contribution is 2.18. The first-order valence-corrected chi connectivity index (χ1v) is 11.2. The second kappa shape index (κ2) is 12.4. The number of benzene rings is 1. The molecule has 2 rings (SSSR count). The Hall–Kier alpha value is -2.28. The zero-order valence-electron chi connectivity index (χ0n) is 19.4. The number of rotatable bonds is 10. The predicted octanol–water partition coefficient (Wildman–Crippen LogP) is 1.93. The number of aryl methyl sites for hydroxylation is 1. The summed E-state index contributed by atoms with van der Waals surface area (Å²) in [6.45, 7) is 9.82. The first-order valence-electron chi connectivity index (χ1n) is 11.2. The van der Waals surface area contributed by atoms with Crippen LogP contribution in [0, 0.1) is 6.92 Å². The summed E-state index contributed by atoms with van der Waals surface area (Å²) in [4.78, 5) is 23.0. The van der Waals surface area contributed by atoms with Crippen LogP contribution in [0.5, 0.6) is 0 Å². The minimum Gasteiger partial charge on any atom is -0.370 e. The molecule has 1 amide bonds. The van der Waals surface area contributed by atoms with Crippen molar-refractivity contribution in [1.82, 2.24) is 20.4 Å². The molecule has 7 heteroatoms. The lowest BCUT2D eigenvalue weighted by Crippen LogP contribution is -2.44. The minimum absolute atomic E-state index is 0.0547. The summed E-state index contributed by atoms with van der Waals surface area (Å²) in [6.07, 6.45) is 3.07. The summed E-state index contributed by atoms with van der Waals surface area (Å²) in [5, 5.41) is 6.81. The van der Waals surface area contributed by atoms with Crippen molar-refractivity contribution in [3.63, 3.8) is 0 Å². The van der Waals surface area contributed by atoms with Crippen molar-refractivity contribution in [2.75, 3.05) is 65.3 Å². The van der Waals surface area contributed by atoms with Gasteiger partial charge in [0.2, 0.25) is 5.91 Å². The third-order valence-electron chi connectivity index (χ3n) is 5.65. The second-order valence-corrected chi connectivity index (χ2v) is 8.12. The van der Waals surface area contributed by atoms with E-state index in [9.17, 15) is 4.79 Å². The number of likely N-dealkylation sites (N-methyl/N-ethyl adjacent to an activating group) is 2. The van der Waals surface area contributed by atoms with E-state index in [1.807, 2.05) is 14.1 Å². The van der Waals surface area contributed by atoms with Gasteiger partial charge in [0.1, 0.15) is 0 Å². The summed E-state index contributed by atoms with van der Waals surface area (Å²) in [6, 6.07) is 8.68. The fourth-order valence-electron chi connectivity index (χ4n) is 3.98. The molecule has 7 nitrogen and oxygen atoms in total. The van der Waals surface area contributed by atoms with Gasteiger partial charge in [-0.25, -0.2) is 0 Å². The number of guanidine groups is 1. The highest BCUT2D eigenvalue weighted by molar-refractivity contribution is 5.81. The fourth-order valence-corrected chi connectivity index (χ4v) is 3.98. The SMILES string of the molecule is CCN(CCNC(=NC)NCCCN1CCCC1C(=O)N(C)C)c1cccc(C)c1. The van der Waals surface area contributed by atoms with Gasteiger partial charge in [0.15, 0.2) is 5.96 Å². The lowest BCUT2D eigenvalue weighted by Gasteiger charge is -2.26. The lowest BCUT2D eigenvalue weighted by atomic mass is 10.2. The fraction of sp³-hybridized carbons (Fsp3) is 0.652. The third kappa shape index (κ3) is 7.20. The molecule has 0 bridgehead atoms. The molecule has 0 aromatic heterocycles. The topological polar surface area (TPSA) is 63.2 Å². The molecule has 0 aliphatic carbocycles. The van der Waals surface area contributed by atoms with Crippen LogP contribution in [0.1, 0.15) is 31.7 Å². The Bertz CT molecular complexity index is 690. The first kappa shape index (κ1) is 24.0. The molecule has 2 N–H and O–H groups in total. The van der Waals surface area contributed by atoms with Crippen molar-refractivity contribution >= 4 is 17.6 Å². The van der Waals surface area contributed by atoms with E-state index in [4.69, 9.17) is 0 Å². The number of hydrogen-bond acceptors (Lipinski definition) is 4. The largest absolute Gasteiger partial charge is 0.370 e. The molecule has 1 heterocycles. The number of aliphatic imine (C=N–C) groups is 1. The van der Waals surface area contributed by atoms with Crippen molar-refractivity contribution in [2.45, 2.75) is 39.2 Å². The van der Waals surface area contributed by atoms with Crippen molar-refractivity contribution < 1.29 is 4.79 Å². The Balaban J connectivity index is 1.69. The van der Waals surface area contributed by atoms with Gasteiger partial charge in [-0.05, 0) is 57.4 Å². The van der Waals surface area contributed by atoms with Gasteiger partial charge in [-0.3, -0.25) is 14.7 Å². The van der Waals surface area contributed by atoms with Crippen LogP contribution in [0.2, 0.25) is 0 Å². The van der Waals surface area contributed by atoms with Gasteiger partial charge in [0.25, 0.3) is 0 Å². The molecule has 30 heavy (non-hydrogen) atoms. The van der Waals surface area contributed by atoms with Gasteiger partial charge in [-0.2, -0.15) is 0 Å². The van der Waals surface area contributed by atoms with Crippen LogP contribution >= 0.6 is 0 Å². The average molecular weight is 417 g/mol. The van der Waals surface area contributed by atoms with Crippen LogP contribution in [0.4, 0.5) is 5.69 Å². The lowest BCUT2D eigenvalue weighted by molar-refractivity contribution is -0.133. The van der Waals surface area contributed by atoms with E-state index in [2.05, 4.69) is 63.5 Å². The Kier molecular flexibility index (Phi) is 9.94. The Morgan fingerprint density at radius 1 is 1.27 bits per heavy atom. The summed E-state index contributed by atoms with van der Waals surface area (Å²) in [5.41, 5.74) is 2.54. The smallest absolute Gasteiger partial charge is 0.239 e. The van der Waals surface area contributed by atoms with E-state index >= 15 is 0 Å². The number of amides is 1. The number of likely N-dealkylation sites (tertiary alicyclic amines) is 1. The summed E-state index contributed by atoms with van der Waals surface area (Å²) < 4.78 is 0. The van der Waals surface area contributed by atoms with Crippen molar-refractivity contribution in [1.29, 1.82) is 0 Å². The van der Waals surface area contributed by atoms with Crippen LogP contribution in [-0.2, 0) is 4.79 Å². The molecule has 1 aromatic rings. The maximum absolute atomic E-state index is 12.3. The van der Waals surface area contributed by atoms with Gasteiger partial charge < -0.3 is 20.4 Å². The number of nitrogens with zero attached hydrogens (tertiary/aromatic N) is 4. The van der Waals surface area contributed by atoms with Gasteiger partial charge >= 0.3 is 0 Å². The minimum atomic E-state index is 0.0547. The van der Waals surface area contributed by atoms with Gasteiger partial charge in [-0.1, -0.05) is 12.1 Å². The molecule has 1 aliphatic rings. The number of nitrogens with one attached hydrogen (secondary N) is 2. The van der Waals surface area contributed by atoms with Crippen molar-refractivity contribution in [2.24, 2.45) is 4.99 Å². The molecule has 1 aromatic carbocycles. The molecule has 0 radical (unpaired) electrons. The Morgan fingerprint density at radius 3 is 2.70 bits per heavy atom. The van der Waals surface area contributed by atoms with Gasteiger partial charge in [0.05, 0.1) is 6.04 Å². The van der Waals surface area contributed by atoms with Crippen LogP contribution in [0.15, 0.2) is 29.3 Å². The van der Waals surface area contributed by atoms with Crippen molar-refractivity contribution in [3.05, 3.63) is 29.8 Å². The Morgan fingerprint density at radius 2 is 2.03 bits per heavy atom. The van der Waals surface area contributed by atoms with Crippen molar-refractivity contribution in [3.8, 4) is 0 Å². The Labute approximate surface area is 182 Å². The molecule has 1 aliphatic heterocycles. The van der Waals surface area contributed by atoms with Crippen LogP contribution in [0.3, 0.4) is 0 Å². The van der Waals surface area contributed by atoms with Gasteiger partial charge in [-0.15, -0.1) is 0 Å². The molecule has 0 spiro atoms. The zero-order valence-corrected chi connectivity index (χ0v) is 19.4. The molecule has 1 unspecified atom stereocenters. The van der Waals surface area contributed by atoms with E-state index in [0.717, 1.165) is 64.5 Å². The molecule has 1 atom stereocenters. The van der Waals surface area contributed by atoms with E-state index < -0.39 is 0 Å². The molecular formula is C23H40N6O. The van der Waals surface area contributed by atoms with E-state index in [0.29, 0.717) is 0 Å². The number of carbonyl (C=O) groups is 1. The number of carbonyl (C=O) groups excluding carboxylic acids is 1. The van der Waals surface area contributed by atoms with Crippen LogP contribution in [-0.4, -0.2) is 88.1 Å². The second-order valence-electron chi connectivity index (χ2n) is 8.12. The highest BCUT2D eigenvalue weighted by atomic mass is 16.2. The third-order valence-corrected chi connectivity index (χ3v) is 5.65. The van der Waals surface area contributed by atoms with E-state index in [-0.39, 0.29) is 11.9 Å². The van der Waals surface area contributed by atoms with E-state index in [1.165, 1.54) is 11.3 Å². The quantitative estimate of drug-likeness (QED) is 0.347. The molecular weight excluding hydrogens is 376 g/mol. The molecule has 168 valence electrons. The van der Waals surface area contributed by atoms with Crippen LogP contribution in [0.25, 0.3) is 0 Å². The van der Waals surface area contributed by atoms with E-state index in [1.54, 1.807) is 11.9 Å². The molecule has 1 saturated heterocycles. The average Bonchev–Trinajstić information content (AvgIpc) is 3.20. The maximum Gasteiger partial charge on any atom is 0.239 e.